The molecule has 2 N–H and O–H groups in total. The fraction of sp³-hybridized carbons (Fsp3) is 1.00. The summed E-state index contributed by atoms with van der Waals surface area (Å²) in [6, 6.07) is 0. The molecule has 0 saturated carbocycles. The molecule has 0 atom stereocenters. The summed E-state index contributed by atoms with van der Waals surface area (Å²) in [5, 5.41) is 2.92. The van der Waals surface area contributed by atoms with Crippen LogP contribution < -0.4 is 4.91 Å². The van der Waals surface area contributed by atoms with Gasteiger partial charge in [0.25, 0.3) is 0 Å². The smallest absolute Gasteiger partial charge is 0.0973 e. The van der Waals surface area contributed by atoms with Gasteiger partial charge in [0.1, 0.15) is 11.1 Å². The van der Waals surface area contributed by atoms with Crippen LogP contribution in [0.4, 0.5) is 0 Å². The zero-order chi connectivity index (χ0) is 6.12. The summed E-state index contributed by atoms with van der Waals surface area (Å²) in [6.07, 6.45) is 0. The third-order valence-electron chi connectivity index (χ3n) is 0.0894. The van der Waals surface area contributed by atoms with Gasteiger partial charge in [-0.3, -0.25) is 0 Å². The number of azide groups is 1. The van der Waals surface area contributed by atoms with Crippen molar-refractivity contribution >= 4 is 0 Å². The number of nitrogens with one attached hydrogen (secondary N) is 2. The Labute approximate surface area is 39.8 Å². The van der Waals surface area contributed by atoms with E-state index < -0.39 is 0 Å². The average molecular weight is 101 g/mol. The fourth-order valence-electron chi connectivity index (χ4n) is 0. The van der Waals surface area contributed by atoms with E-state index in [4.69, 9.17) is 16.6 Å². The van der Waals surface area contributed by atoms with Gasteiger partial charge in [0.2, 0.25) is 4.91 Å². The van der Waals surface area contributed by atoms with Gasteiger partial charge in [0, 0.05) is 12.0 Å². The van der Waals surface area contributed by atoms with Crippen LogP contribution in [-0.2, 0) is 0 Å². The van der Waals surface area contributed by atoms with Crippen LogP contribution in [-0.4, -0.2) is 7.05 Å². The van der Waals surface area contributed by atoms with Crippen LogP contribution in [0.15, 0.2) is 5.11 Å². The molecule has 0 aromatic carbocycles. The molecule has 0 saturated heterocycles. The van der Waals surface area contributed by atoms with Gasteiger partial charge < -0.3 is 0 Å². The van der Waals surface area contributed by atoms with Crippen molar-refractivity contribution in [3.63, 3.8) is 0 Å². The van der Waals surface area contributed by atoms with Crippen LogP contribution in [0.5, 0.6) is 0 Å². The highest BCUT2D eigenvalue weighted by Crippen LogP contribution is 1.46. The lowest BCUT2D eigenvalue weighted by Crippen LogP contribution is -1.24. The molecular formula is CH5N6+. The summed E-state index contributed by atoms with van der Waals surface area (Å²) >= 11 is 0. The van der Waals surface area contributed by atoms with Crippen molar-refractivity contribution in [2.24, 2.45) is 5.11 Å². The first kappa shape index (κ1) is 9.15. The van der Waals surface area contributed by atoms with E-state index in [1.54, 1.807) is 0 Å². The van der Waals surface area contributed by atoms with Gasteiger partial charge >= 0.3 is 0 Å². The predicted octanol–water partition coefficient (Wildman–Crippen LogP) is 1.04. The molecule has 0 aromatic heterocycles. The standard InChI is InChI=1S/CH3N3.H2N3/c1-3-4-2;1-3-2/h1H3;1-2H/q;+1. The molecule has 0 fully saturated rings. The Morgan fingerprint density at radius 1 is 1.57 bits per heavy atom. The molecule has 0 bridgehead atoms. The van der Waals surface area contributed by atoms with Crippen LogP contribution in [0.3, 0.4) is 0 Å². The van der Waals surface area contributed by atoms with E-state index in [9.17, 15) is 0 Å². The Hall–Kier alpha value is -1.38. The molecule has 6 nitrogen and oxygen atoms in total. The van der Waals surface area contributed by atoms with Crippen LogP contribution in [0.1, 0.15) is 0 Å². The second kappa shape index (κ2) is 23.1. The number of nitrogens with zero attached hydrogens (tertiary/aromatic N) is 4. The minimum Gasteiger partial charge on any atom is -0.0973 e. The third-order valence-corrected chi connectivity index (χ3v) is 0.0894. The molecule has 38 valence electrons. The maximum atomic E-state index is 7.33. The number of hydrogen-bond acceptors (Lipinski definition) is 3. The molecule has 0 aliphatic heterocycles. The number of rotatable bonds is 0. The third kappa shape index (κ3) is 220. The first-order chi connectivity index (χ1) is 3.33. The highest BCUT2D eigenvalue weighted by molar-refractivity contribution is 4.30. The lowest BCUT2D eigenvalue weighted by Gasteiger charge is -1.35. The van der Waals surface area contributed by atoms with Gasteiger partial charge in [-0.25, -0.2) is 0 Å². The summed E-state index contributed by atoms with van der Waals surface area (Å²) in [5.74, 6) is 0. The summed E-state index contributed by atoms with van der Waals surface area (Å²) in [7, 11) is 1.39. The summed E-state index contributed by atoms with van der Waals surface area (Å²) in [5.41, 5.74) is 18.3. The van der Waals surface area contributed by atoms with Crippen molar-refractivity contribution in [2.45, 2.75) is 0 Å². The molecular weight excluding hydrogens is 96.1 g/mol. The fourth-order valence-corrected chi connectivity index (χ4v) is 0. The predicted molar refractivity (Wildman–Crippen MR) is 22.6 cm³/mol. The van der Waals surface area contributed by atoms with Gasteiger partial charge in [-0.05, 0) is 5.53 Å². The average Bonchev–Trinajstić information content (AvgIpc) is 1.69. The zero-order valence-electron chi connectivity index (χ0n) is 3.79. The maximum Gasteiger partial charge on any atom is 0.211 e. The highest BCUT2D eigenvalue weighted by atomic mass is 15.1. The molecule has 7 heavy (non-hydrogen) atoms. The van der Waals surface area contributed by atoms with E-state index in [1.807, 2.05) is 4.91 Å². The Bertz CT molecular complexity index is 90.7. The quantitative estimate of drug-likeness (QED) is 0.258. The Kier molecular flexibility index (Phi) is 30.2. The van der Waals surface area contributed by atoms with Crippen molar-refractivity contribution in [3.05, 3.63) is 10.4 Å². The SMILES string of the molecule is CN=[N+]=[N-].N=[N+]=N. The molecule has 0 radical (unpaired) electrons. The molecule has 0 rings (SSSR count). The molecule has 0 heterocycles. The van der Waals surface area contributed by atoms with Crippen LogP contribution in [0.2, 0.25) is 0 Å². The monoisotopic (exact) mass is 101 g/mol. The zero-order valence-corrected chi connectivity index (χ0v) is 3.79. The van der Waals surface area contributed by atoms with E-state index in [-0.39, 0.29) is 0 Å². The topological polar surface area (TPSA) is 111 Å². The van der Waals surface area contributed by atoms with Crippen molar-refractivity contribution in [1.82, 2.24) is 4.91 Å². The maximum absolute atomic E-state index is 7.33. The summed E-state index contributed by atoms with van der Waals surface area (Å²) < 4.78 is 0. The van der Waals surface area contributed by atoms with Crippen molar-refractivity contribution in [1.29, 1.82) is 11.1 Å². The summed E-state index contributed by atoms with van der Waals surface area (Å²) in [6.45, 7) is 0. The van der Waals surface area contributed by atoms with Gasteiger partial charge in [-0.15, -0.1) is 0 Å². The van der Waals surface area contributed by atoms with Gasteiger partial charge in [0.05, 0.1) is 0 Å². The molecule has 0 aromatic rings. The molecule has 0 spiro atoms. The van der Waals surface area contributed by atoms with E-state index in [0.717, 1.165) is 0 Å². The minimum atomic E-state index is 1.39. The van der Waals surface area contributed by atoms with Crippen molar-refractivity contribution in [2.75, 3.05) is 7.05 Å². The van der Waals surface area contributed by atoms with Crippen LogP contribution in [0, 0.1) is 11.1 Å². The van der Waals surface area contributed by atoms with Gasteiger partial charge in [-0.2, -0.15) is 0 Å². The van der Waals surface area contributed by atoms with Gasteiger partial charge in [0.15, 0.2) is 0 Å². The summed E-state index contributed by atoms with van der Waals surface area (Å²) in [4.78, 5) is 4.36. The van der Waals surface area contributed by atoms with Crippen LogP contribution >= 0.6 is 0 Å². The second-order valence-corrected chi connectivity index (χ2v) is 0.401. The Morgan fingerprint density at radius 3 is 1.71 bits per heavy atom. The van der Waals surface area contributed by atoms with E-state index in [1.165, 1.54) is 7.05 Å². The lowest BCUT2D eigenvalue weighted by atomic mass is 11.6. The first-order valence-electron chi connectivity index (χ1n) is 1.29. The van der Waals surface area contributed by atoms with E-state index >= 15 is 0 Å². The van der Waals surface area contributed by atoms with E-state index in [0.29, 0.717) is 0 Å². The molecule has 0 unspecified atom stereocenters. The minimum absolute atomic E-state index is 1.39. The van der Waals surface area contributed by atoms with Crippen LogP contribution in [0.25, 0.3) is 10.4 Å². The van der Waals surface area contributed by atoms with Gasteiger partial charge in [-0.1, -0.05) is 5.11 Å². The highest BCUT2D eigenvalue weighted by Gasteiger charge is 1.27. The molecule has 0 aliphatic carbocycles. The Morgan fingerprint density at radius 2 is 1.71 bits per heavy atom. The molecule has 0 amide bonds. The normalized spacial score (nSPS) is 3.57. The van der Waals surface area contributed by atoms with Crippen molar-refractivity contribution in [3.8, 4) is 0 Å². The molecule has 0 aliphatic rings. The Balaban J connectivity index is 0. The van der Waals surface area contributed by atoms with Crippen molar-refractivity contribution < 1.29 is 0 Å². The largest absolute Gasteiger partial charge is 0.211 e. The van der Waals surface area contributed by atoms with E-state index in [2.05, 4.69) is 10.0 Å². The first-order valence-corrected chi connectivity index (χ1v) is 1.29. The molecule has 6 heteroatoms. The number of hydrogen-bond donors (Lipinski definition) is 2. The lowest BCUT2D eigenvalue weighted by molar-refractivity contribution is 0.928. The second-order valence-electron chi connectivity index (χ2n) is 0.401.